The smallest absolute Gasteiger partial charge is 0.144 e. The normalized spacial score (nSPS) is 10.6. The number of Topliss-reactive ketones (excluding diaryl/α,β-unsaturated/α-hetero) is 1. The molecule has 18 heavy (non-hydrogen) atoms. The molecule has 0 N–H and O–H groups in total. The molecule has 5 heteroatoms. The Morgan fingerprint density at radius 3 is 2.72 bits per heavy atom. The Morgan fingerprint density at radius 1 is 1.33 bits per heavy atom. The number of rotatable bonds is 4. The quantitative estimate of drug-likeness (QED) is 0.864. The number of halogens is 1. The third-order valence-electron chi connectivity index (χ3n) is 2.54. The summed E-state index contributed by atoms with van der Waals surface area (Å²) in [7, 11) is 0. The van der Waals surface area contributed by atoms with E-state index in [0.29, 0.717) is 12.8 Å². The van der Waals surface area contributed by atoms with Crippen LogP contribution in [-0.2, 0) is 17.6 Å². The minimum atomic E-state index is 0.146. The van der Waals surface area contributed by atoms with E-state index in [9.17, 15) is 4.79 Å². The van der Waals surface area contributed by atoms with E-state index in [-0.39, 0.29) is 5.78 Å². The summed E-state index contributed by atoms with van der Waals surface area (Å²) in [5.74, 6) is 0.873. The number of aromatic nitrogens is 2. The fourth-order valence-electron chi connectivity index (χ4n) is 1.69. The third kappa shape index (κ3) is 3.37. The predicted molar refractivity (Wildman–Crippen MR) is 73.3 cm³/mol. The molecule has 0 fully saturated rings. The number of carbonyl (C=O) groups excluding carboxylic acids is 1. The molecule has 1 heterocycles. The zero-order valence-electron chi connectivity index (χ0n) is 10.2. The van der Waals surface area contributed by atoms with Crippen molar-refractivity contribution in [1.29, 1.82) is 0 Å². The summed E-state index contributed by atoms with van der Waals surface area (Å²) in [6, 6.07) is 5.67. The second kappa shape index (κ2) is 5.59. The Bertz CT molecular complexity index is 580. The van der Waals surface area contributed by atoms with Crippen molar-refractivity contribution in [2.24, 2.45) is 0 Å². The van der Waals surface area contributed by atoms with E-state index >= 15 is 0 Å². The van der Waals surface area contributed by atoms with Gasteiger partial charge in [0, 0.05) is 11.4 Å². The average Bonchev–Trinajstić information content (AvgIpc) is 2.69. The molecule has 1 aromatic heterocycles. The monoisotopic (exact) mass is 280 g/mol. The van der Waals surface area contributed by atoms with Crippen LogP contribution >= 0.6 is 23.1 Å². The summed E-state index contributed by atoms with van der Waals surface area (Å²) >= 11 is 7.24. The summed E-state index contributed by atoms with van der Waals surface area (Å²) in [5, 5.41) is 1.51. The van der Waals surface area contributed by atoms with Gasteiger partial charge in [-0.05, 0) is 42.6 Å². The lowest BCUT2D eigenvalue weighted by Crippen LogP contribution is -2.06. The number of hydrogen-bond donors (Lipinski definition) is 0. The topological polar surface area (TPSA) is 42.9 Å². The van der Waals surface area contributed by atoms with Crippen molar-refractivity contribution >= 4 is 28.9 Å². The van der Waals surface area contributed by atoms with E-state index in [4.69, 9.17) is 11.6 Å². The summed E-state index contributed by atoms with van der Waals surface area (Å²) in [5.41, 5.74) is 1.98. The third-order valence-corrected chi connectivity index (χ3v) is 3.77. The highest BCUT2D eigenvalue weighted by molar-refractivity contribution is 7.05. The Kier molecular flexibility index (Phi) is 4.09. The molecule has 3 nitrogen and oxygen atoms in total. The average molecular weight is 281 g/mol. The number of ketones is 1. The van der Waals surface area contributed by atoms with Crippen LogP contribution in [0.5, 0.6) is 0 Å². The minimum Gasteiger partial charge on any atom is -0.299 e. The first-order valence-electron chi connectivity index (χ1n) is 5.60. The van der Waals surface area contributed by atoms with Crippen molar-refractivity contribution in [3.05, 3.63) is 45.2 Å². The zero-order chi connectivity index (χ0) is 13.1. The standard InChI is InChI=1S/C13H13ClN2OS/c1-8-5-10(3-4-12(8)14)6-11(17)7-13-15-9(2)16-18-13/h3-5H,6-7H2,1-2H3. The summed E-state index contributed by atoms with van der Waals surface area (Å²) in [6.45, 7) is 3.76. The second-order valence-electron chi connectivity index (χ2n) is 4.21. The van der Waals surface area contributed by atoms with Gasteiger partial charge < -0.3 is 0 Å². The predicted octanol–water partition coefficient (Wildman–Crippen LogP) is 3.16. The lowest BCUT2D eigenvalue weighted by atomic mass is 10.1. The fourth-order valence-corrected chi connectivity index (χ4v) is 2.48. The SMILES string of the molecule is Cc1nsc(CC(=O)Cc2ccc(Cl)c(C)c2)n1. The molecule has 0 radical (unpaired) electrons. The molecular formula is C13H13ClN2OS. The van der Waals surface area contributed by atoms with Crippen LogP contribution < -0.4 is 0 Å². The van der Waals surface area contributed by atoms with Crippen LogP contribution in [0.15, 0.2) is 18.2 Å². The van der Waals surface area contributed by atoms with E-state index in [2.05, 4.69) is 9.36 Å². The van der Waals surface area contributed by atoms with E-state index in [1.54, 1.807) is 0 Å². The molecule has 0 unspecified atom stereocenters. The molecular weight excluding hydrogens is 268 g/mol. The molecule has 0 spiro atoms. The maximum atomic E-state index is 11.9. The summed E-state index contributed by atoms with van der Waals surface area (Å²) < 4.78 is 4.06. The van der Waals surface area contributed by atoms with Crippen molar-refractivity contribution < 1.29 is 4.79 Å². The molecule has 0 aliphatic carbocycles. The highest BCUT2D eigenvalue weighted by atomic mass is 35.5. The first kappa shape index (κ1) is 13.2. The van der Waals surface area contributed by atoms with Crippen molar-refractivity contribution in [3.8, 4) is 0 Å². The van der Waals surface area contributed by atoms with Gasteiger partial charge in [-0.2, -0.15) is 4.37 Å². The molecule has 0 saturated heterocycles. The zero-order valence-corrected chi connectivity index (χ0v) is 11.8. The van der Waals surface area contributed by atoms with Crippen LogP contribution in [0.1, 0.15) is 22.0 Å². The van der Waals surface area contributed by atoms with Gasteiger partial charge in [0.05, 0.1) is 6.42 Å². The first-order chi connectivity index (χ1) is 8.54. The Labute approximate surface area is 115 Å². The van der Waals surface area contributed by atoms with Gasteiger partial charge in [-0.15, -0.1) is 0 Å². The van der Waals surface area contributed by atoms with Gasteiger partial charge in [-0.3, -0.25) is 4.79 Å². The maximum Gasteiger partial charge on any atom is 0.144 e. The number of aryl methyl sites for hydroxylation is 2. The van der Waals surface area contributed by atoms with Gasteiger partial charge in [0.2, 0.25) is 0 Å². The van der Waals surface area contributed by atoms with Crippen LogP contribution in [0.2, 0.25) is 5.02 Å². The maximum absolute atomic E-state index is 11.9. The molecule has 0 aliphatic heterocycles. The Hall–Kier alpha value is -1.26. The van der Waals surface area contributed by atoms with Gasteiger partial charge in [0.15, 0.2) is 0 Å². The lowest BCUT2D eigenvalue weighted by Gasteiger charge is -2.03. The number of benzene rings is 1. The molecule has 2 aromatic rings. The number of nitrogens with zero attached hydrogens (tertiary/aromatic N) is 2. The lowest BCUT2D eigenvalue weighted by molar-refractivity contribution is -0.117. The Morgan fingerprint density at radius 2 is 2.11 bits per heavy atom. The van der Waals surface area contributed by atoms with Gasteiger partial charge >= 0.3 is 0 Å². The van der Waals surface area contributed by atoms with Crippen molar-refractivity contribution in [3.63, 3.8) is 0 Å². The largest absolute Gasteiger partial charge is 0.299 e. The summed E-state index contributed by atoms with van der Waals surface area (Å²) in [4.78, 5) is 16.1. The molecule has 94 valence electrons. The van der Waals surface area contributed by atoms with Crippen LogP contribution in [-0.4, -0.2) is 15.1 Å². The first-order valence-corrected chi connectivity index (χ1v) is 6.75. The van der Waals surface area contributed by atoms with Crippen molar-refractivity contribution in [2.75, 3.05) is 0 Å². The number of hydrogen-bond acceptors (Lipinski definition) is 4. The highest BCUT2D eigenvalue weighted by Crippen LogP contribution is 2.17. The van der Waals surface area contributed by atoms with E-state index in [0.717, 1.165) is 27.0 Å². The van der Waals surface area contributed by atoms with Crippen LogP contribution in [0, 0.1) is 13.8 Å². The minimum absolute atomic E-state index is 0.146. The van der Waals surface area contributed by atoms with E-state index in [1.165, 1.54) is 11.5 Å². The molecule has 0 amide bonds. The van der Waals surface area contributed by atoms with Crippen LogP contribution in [0.4, 0.5) is 0 Å². The van der Waals surface area contributed by atoms with Crippen LogP contribution in [0.3, 0.4) is 0 Å². The van der Waals surface area contributed by atoms with E-state index in [1.807, 2.05) is 32.0 Å². The molecule has 0 aliphatic rings. The summed E-state index contributed by atoms with van der Waals surface area (Å²) in [6.07, 6.45) is 0.768. The van der Waals surface area contributed by atoms with Gasteiger partial charge in [-0.1, -0.05) is 23.7 Å². The van der Waals surface area contributed by atoms with Crippen molar-refractivity contribution in [2.45, 2.75) is 26.7 Å². The van der Waals surface area contributed by atoms with Crippen LogP contribution in [0.25, 0.3) is 0 Å². The van der Waals surface area contributed by atoms with Gasteiger partial charge in [0.1, 0.15) is 16.6 Å². The molecule has 0 saturated carbocycles. The van der Waals surface area contributed by atoms with Gasteiger partial charge in [-0.25, -0.2) is 4.98 Å². The second-order valence-corrected chi connectivity index (χ2v) is 5.45. The number of carbonyl (C=O) groups is 1. The molecule has 0 atom stereocenters. The van der Waals surface area contributed by atoms with E-state index < -0.39 is 0 Å². The Balaban J connectivity index is 2.00. The molecule has 1 aromatic carbocycles. The highest BCUT2D eigenvalue weighted by Gasteiger charge is 2.09. The fraction of sp³-hybridized carbons (Fsp3) is 0.308. The molecule has 2 rings (SSSR count). The van der Waals surface area contributed by atoms with Gasteiger partial charge in [0.25, 0.3) is 0 Å². The van der Waals surface area contributed by atoms with Crippen molar-refractivity contribution in [1.82, 2.24) is 9.36 Å². The molecule has 0 bridgehead atoms.